The van der Waals surface area contributed by atoms with Crippen LogP contribution in [0.15, 0.2) is 52.2 Å². The Balaban J connectivity index is 2.46. The van der Waals surface area contributed by atoms with Crippen LogP contribution in [0, 0.1) is 5.92 Å². The molecule has 0 fully saturated rings. The maximum Gasteiger partial charge on any atom is 0.331 e. The van der Waals surface area contributed by atoms with Crippen molar-refractivity contribution in [2.24, 2.45) is 5.92 Å². The summed E-state index contributed by atoms with van der Waals surface area (Å²) in [7, 11) is 0. The van der Waals surface area contributed by atoms with Crippen molar-refractivity contribution < 1.29 is 8.78 Å². The first kappa shape index (κ1) is 17.1. The molecule has 0 amide bonds. The molecular formula is C17H20F2N2O2. The molecule has 1 atom stereocenters. The second-order valence-corrected chi connectivity index (χ2v) is 5.99. The lowest BCUT2D eigenvalue weighted by atomic mass is 10.1. The van der Waals surface area contributed by atoms with Gasteiger partial charge in [-0.05, 0) is 12.8 Å². The summed E-state index contributed by atoms with van der Waals surface area (Å²) in [5.74, 6) is -3.17. The van der Waals surface area contributed by atoms with Gasteiger partial charge in [0.1, 0.15) is 0 Å². The van der Waals surface area contributed by atoms with Gasteiger partial charge < -0.3 is 0 Å². The minimum Gasteiger partial charge on any atom is -0.297 e. The van der Waals surface area contributed by atoms with Gasteiger partial charge in [-0.2, -0.15) is 8.78 Å². The zero-order valence-electron chi connectivity index (χ0n) is 13.4. The average molecular weight is 322 g/mol. The fraction of sp³-hybridized carbons (Fsp3) is 0.412. The monoisotopic (exact) mass is 322 g/mol. The van der Waals surface area contributed by atoms with E-state index in [4.69, 9.17) is 0 Å². The maximum atomic E-state index is 14.4. The second kappa shape index (κ2) is 6.48. The SMILES string of the molecule is CC(C)C(C)n1ccc(=O)n(CC(F)(F)c2ccccc2)c1=O. The van der Waals surface area contributed by atoms with Crippen LogP contribution in [-0.2, 0) is 12.5 Å². The molecule has 1 heterocycles. The van der Waals surface area contributed by atoms with Crippen molar-refractivity contribution in [3.63, 3.8) is 0 Å². The van der Waals surface area contributed by atoms with E-state index in [2.05, 4.69) is 0 Å². The predicted octanol–water partition coefficient (Wildman–Crippen LogP) is 3.02. The van der Waals surface area contributed by atoms with Gasteiger partial charge in [0.25, 0.3) is 11.5 Å². The van der Waals surface area contributed by atoms with Crippen molar-refractivity contribution in [2.75, 3.05) is 0 Å². The Hall–Kier alpha value is -2.24. The van der Waals surface area contributed by atoms with Gasteiger partial charge in [0.15, 0.2) is 0 Å². The van der Waals surface area contributed by atoms with Gasteiger partial charge in [0.2, 0.25) is 0 Å². The van der Waals surface area contributed by atoms with E-state index in [9.17, 15) is 18.4 Å². The summed E-state index contributed by atoms with van der Waals surface area (Å²) < 4.78 is 30.7. The fourth-order valence-corrected chi connectivity index (χ4v) is 2.28. The Bertz CT molecular complexity index is 779. The summed E-state index contributed by atoms with van der Waals surface area (Å²) in [6.07, 6.45) is 1.37. The standard InChI is InChI=1S/C17H20F2N2O2/c1-12(2)13(3)20-10-9-15(22)21(16(20)23)11-17(18,19)14-7-5-4-6-8-14/h4-10,12-13H,11H2,1-3H3. The summed E-state index contributed by atoms with van der Waals surface area (Å²) in [4.78, 5) is 24.3. The average Bonchev–Trinajstić information content (AvgIpc) is 2.51. The number of nitrogens with zero attached hydrogens (tertiary/aromatic N) is 2. The Kier molecular flexibility index (Phi) is 4.82. The van der Waals surface area contributed by atoms with Crippen molar-refractivity contribution in [3.8, 4) is 0 Å². The van der Waals surface area contributed by atoms with Crippen molar-refractivity contribution in [2.45, 2.75) is 39.3 Å². The quantitative estimate of drug-likeness (QED) is 0.849. The summed E-state index contributed by atoms with van der Waals surface area (Å²) in [6.45, 7) is 4.69. The molecule has 0 saturated heterocycles. The molecule has 0 N–H and O–H groups in total. The largest absolute Gasteiger partial charge is 0.331 e. The molecule has 0 radical (unpaired) electrons. The molecular weight excluding hydrogens is 302 g/mol. The van der Waals surface area contributed by atoms with Gasteiger partial charge in [-0.1, -0.05) is 44.2 Å². The summed E-state index contributed by atoms with van der Waals surface area (Å²) in [5.41, 5.74) is -1.66. The van der Waals surface area contributed by atoms with Crippen molar-refractivity contribution in [3.05, 3.63) is 69.0 Å². The molecule has 1 aromatic carbocycles. The molecule has 4 nitrogen and oxygen atoms in total. The number of aromatic nitrogens is 2. The van der Waals surface area contributed by atoms with Crippen LogP contribution in [0.4, 0.5) is 8.78 Å². The van der Waals surface area contributed by atoms with Crippen molar-refractivity contribution in [1.82, 2.24) is 9.13 Å². The summed E-state index contributed by atoms with van der Waals surface area (Å²) in [5, 5.41) is 0. The molecule has 23 heavy (non-hydrogen) atoms. The molecule has 0 aliphatic carbocycles. The minimum atomic E-state index is -3.30. The molecule has 124 valence electrons. The first-order chi connectivity index (χ1) is 10.7. The van der Waals surface area contributed by atoms with Gasteiger partial charge in [-0.15, -0.1) is 0 Å². The maximum absolute atomic E-state index is 14.4. The van der Waals surface area contributed by atoms with E-state index >= 15 is 0 Å². The molecule has 6 heteroatoms. The van der Waals surface area contributed by atoms with Crippen LogP contribution in [-0.4, -0.2) is 9.13 Å². The fourth-order valence-electron chi connectivity index (χ4n) is 2.28. The Morgan fingerprint density at radius 1 is 1.04 bits per heavy atom. The van der Waals surface area contributed by atoms with Gasteiger partial charge >= 0.3 is 5.69 Å². The molecule has 2 aromatic rings. The van der Waals surface area contributed by atoms with E-state index in [1.54, 1.807) is 6.07 Å². The second-order valence-electron chi connectivity index (χ2n) is 5.99. The van der Waals surface area contributed by atoms with Crippen LogP contribution in [0.5, 0.6) is 0 Å². The van der Waals surface area contributed by atoms with Gasteiger partial charge in [-0.25, -0.2) is 4.79 Å². The highest BCUT2D eigenvalue weighted by molar-refractivity contribution is 5.19. The highest BCUT2D eigenvalue weighted by atomic mass is 19.3. The van der Waals surface area contributed by atoms with Crippen LogP contribution >= 0.6 is 0 Å². The third-order valence-electron chi connectivity index (χ3n) is 4.05. The highest BCUT2D eigenvalue weighted by Gasteiger charge is 2.33. The molecule has 1 aromatic heterocycles. The molecule has 0 aliphatic rings. The van der Waals surface area contributed by atoms with Gasteiger partial charge in [0, 0.05) is 23.9 Å². The Morgan fingerprint density at radius 3 is 2.22 bits per heavy atom. The Labute approximate surface area is 133 Å². The van der Waals surface area contributed by atoms with E-state index in [0.29, 0.717) is 4.57 Å². The molecule has 0 bridgehead atoms. The smallest absolute Gasteiger partial charge is 0.297 e. The van der Waals surface area contributed by atoms with Gasteiger partial charge in [0.05, 0.1) is 6.54 Å². The third kappa shape index (κ3) is 3.57. The molecule has 2 rings (SSSR count). The van der Waals surface area contributed by atoms with E-state index in [1.807, 2.05) is 20.8 Å². The number of hydrogen-bond donors (Lipinski definition) is 0. The number of alkyl halides is 2. The highest BCUT2D eigenvalue weighted by Crippen LogP contribution is 2.28. The zero-order valence-corrected chi connectivity index (χ0v) is 13.4. The summed E-state index contributed by atoms with van der Waals surface area (Å²) in [6, 6.07) is 8.14. The summed E-state index contributed by atoms with van der Waals surface area (Å²) >= 11 is 0. The third-order valence-corrected chi connectivity index (χ3v) is 4.05. The van der Waals surface area contributed by atoms with Crippen LogP contribution in [0.2, 0.25) is 0 Å². The molecule has 0 aliphatic heterocycles. The zero-order chi connectivity index (χ0) is 17.2. The van der Waals surface area contributed by atoms with Gasteiger partial charge in [-0.3, -0.25) is 13.9 Å². The minimum absolute atomic E-state index is 0.133. The molecule has 1 unspecified atom stereocenters. The van der Waals surface area contributed by atoms with E-state index < -0.39 is 23.7 Å². The lowest BCUT2D eigenvalue weighted by Crippen LogP contribution is -2.43. The predicted molar refractivity (Wildman–Crippen MR) is 84.8 cm³/mol. The lowest BCUT2D eigenvalue weighted by molar-refractivity contribution is -0.0247. The van der Waals surface area contributed by atoms with Crippen LogP contribution in [0.25, 0.3) is 0 Å². The van der Waals surface area contributed by atoms with Crippen LogP contribution < -0.4 is 11.2 Å². The van der Waals surface area contributed by atoms with Crippen LogP contribution in [0.3, 0.4) is 0 Å². The number of benzene rings is 1. The number of hydrogen-bond acceptors (Lipinski definition) is 2. The Morgan fingerprint density at radius 2 is 1.65 bits per heavy atom. The number of rotatable bonds is 5. The first-order valence-electron chi connectivity index (χ1n) is 7.49. The number of halogens is 2. The van der Waals surface area contributed by atoms with E-state index in [1.165, 1.54) is 35.0 Å². The molecule has 0 saturated carbocycles. The normalized spacial score (nSPS) is 13.3. The lowest BCUT2D eigenvalue weighted by Gasteiger charge is -2.22. The van der Waals surface area contributed by atoms with Crippen LogP contribution in [0.1, 0.15) is 32.4 Å². The van der Waals surface area contributed by atoms with E-state index in [-0.39, 0.29) is 17.5 Å². The van der Waals surface area contributed by atoms with Crippen molar-refractivity contribution in [1.29, 1.82) is 0 Å². The van der Waals surface area contributed by atoms with Crippen molar-refractivity contribution >= 4 is 0 Å². The topological polar surface area (TPSA) is 44.0 Å². The molecule has 0 spiro atoms. The first-order valence-corrected chi connectivity index (χ1v) is 7.49. The van der Waals surface area contributed by atoms with E-state index in [0.717, 1.165) is 6.07 Å².